The number of aliphatic hydroxyl groups excluding tert-OH is 3. The maximum Gasteiger partial charge on any atom is 0.410 e. The number of nitrogens with one attached hydrogen (secondary N) is 6. The van der Waals surface area contributed by atoms with Crippen LogP contribution >= 0.6 is 0 Å². The molecule has 1 saturated heterocycles. The fourth-order valence-electron chi connectivity index (χ4n) is 9.45. The van der Waals surface area contributed by atoms with Crippen molar-refractivity contribution in [3.8, 4) is 0 Å². The molecule has 1 unspecified atom stereocenters. The lowest BCUT2D eigenvalue weighted by Gasteiger charge is -2.52. The summed E-state index contributed by atoms with van der Waals surface area (Å²) in [5, 5.41) is 64.8. The molecule has 0 aromatic rings. The van der Waals surface area contributed by atoms with E-state index in [-0.39, 0.29) is 31.3 Å². The van der Waals surface area contributed by atoms with Gasteiger partial charge in [0.25, 0.3) is 5.91 Å². The van der Waals surface area contributed by atoms with E-state index in [9.17, 15) is 49.2 Å². The van der Waals surface area contributed by atoms with Crippen molar-refractivity contribution in [2.24, 2.45) is 11.8 Å². The zero-order chi connectivity index (χ0) is 58.4. The number of ether oxygens (including phenoxy) is 8. The van der Waals surface area contributed by atoms with Gasteiger partial charge in [-0.1, -0.05) is 0 Å². The number of hydrogen-bond donors (Lipinski definition) is 10. The molecule has 0 aromatic carbocycles. The first-order chi connectivity index (χ1) is 35.1. The first kappa shape index (κ1) is 64.6. The zero-order valence-corrected chi connectivity index (χ0v) is 48.2. The third-order valence-corrected chi connectivity index (χ3v) is 12.5. The lowest BCUT2D eigenvalue weighted by Crippen LogP contribution is -2.71. The van der Waals surface area contributed by atoms with Crippen LogP contribution in [0.4, 0.5) is 24.0 Å². The van der Waals surface area contributed by atoms with E-state index < -0.39 is 150 Å². The van der Waals surface area contributed by atoms with Crippen LogP contribution in [0.25, 0.3) is 0 Å². The van der Waals surface area contributed by atoms with E-state index in [2.05, 4.69) is 31.9 Å². The first-order valence-corrected chi connectivity index (χ1v) is 26.4. The zero-order valence-electron chi connectivity index (χ0n) is 48.2. The number of hydrogen-bond acceptors (Lipinski definition) is 19. The molecule has 77 heavy (non-hydrogen) atoms. The van der Waals surface area contributed by atoms with Gasteiger partial charge in [0.2, 0.25) is 0 Å². The second-order valence-corrected chi connectivity index (χ2v) is 25.8. The fraction of sp³-hybridized carbons (Fsp3) is 0.846. The number of carbonyl (C=O) groups is 6. The van der Waals surface area contributed by atoms with E-state index in [1.807, 2.05) is 0 Å². The summed E-state index contributed by atoms with van der Waals surface area (Å²) >= 11 is 0. The third kappa shape index (κ3) is 20.7. The van der Waals surface area contributed by atoms with Gasteiger partial charge in [-0.2, -0.15) is 0 Å². The second-order valence-electron chi connectivity index (χ2n) is 25.8. The van der Waals surface area contributed by atoms with E-state index in [4.69, 9.17) is 37.9 Å². The molecule has 4 rings (SSSR count). The van der Waals surface area contributed by atoms with Gasteiger partial charge in [-0.3, -0.25) is 4.79 Å². The fourth-order valence-corrected chi connectivity index (χ4v) is 9.45. The van der Waals surface area contributed by atoms with Crippen molar-refractivity contribution in [2.75, 3.05) is 33.3 Å². The number of nitrogens with zero attached hydrogens (tertiary/aromatic N) is 1. The lowest BCUT2D eigenvalue weighted by molar-refractivity contribution is -0.305. The van der Waals surface area contributed by atoms with Gasteiger partial charge < -0.3 is 95.1 Å². The minimum atomic E-state index is -1.90. The highest BCUT2D eigenvalue weighted by molar-refractivity contribution is 5.82. The highest BCUT2D eigenvalue weighted by Crippen LogP contribution is 2.39. The molecule has 10 N–H and O–H groups in total. The number of aliphatic hydroxyl groups is 4. The maximum atomic E-state index is 14.0. The molecule has 3 fully saturated rings. The van der Waals surface area contributed by atoms with Crippen molar-refractivity contribution in [3.63, 3.8) is 0 Å². The van der Waals surface area contributed by atoms with Crippen LogP contribution in [-0.2, 0) is 42.7 Å². The third-order valence-electron chi connectivity index (χ3n) is 12.5. The summed E-state index contributed by atoms with van der Waals surface area (Å²) in [5.74, 6) is -1.69. The molecule has 2 aliphatic carbocycles. The summed E-state index contributed by atoms with van der Waals surface area (Å²) in [6, 6.07) is -4.98. The topological polar surface area (TPSA) is 333 Å². The van der Waals surface area contributed by atoms with E-state index in [0.29, 0.717) is 25.1 Å². The smallest absolute Gasteiger partial charge is 0.410 e. The lowest BCUT2D eigenvalue weighted by atomic mass is 9.72. The summed E-state index contributed by atoms with van der Waals surface area (Å²) in [6.45, 7) is 26.2. The number of alkyl carbamates (subject to hydrolysis) is 4. The van der Waals surface area contributed by atoms with Crippen LogP contribution in [0.2, 0.25) is 0 Å². The van der Waals surface area contributed by atoms with Gasteiger partial charge in [0, 0.05) is 25.0 Å². The van der Waals surface area contributed by atoms with Gasteiger partial charge in [0.15, 0.2) is 6.29 Å². The SMILES string of the molecule is CN(C(=O)OC(C)(C)C)[C@@H]1[C@@H](O)[C@@H](O[C@H]2[C@H](NC(=O)[C@@H](O)CNC(=O)OC(C)(C)C)C[C@H](NC(=O)OC(C)(C)C)C([C@H]3OC(CNC[C@H]4C[C@H](NC(=O)OC(C)(C)C)C4)=CC[C@H]3NC(=O)OC(C)(C)C)[C@@H]2O)OC[C@]1(C)O. The average molecular weight is 1100 g/mol. The molecule has 2 saturated carbocycles. The Hall–Kier alpha value is -4.92. The van der Waals surface area contributed by atoms with E-state index in [0.717, 1.165) is 4.90 Å². The predicted octanol–water partition coefficient (Wildman–Crippen LogP) is 3.18. The van der Waals surface area contributed by atoms with Gasteiger partial charge in [-0.25, -0.2) is 24.0 Å². The second kappa shape index (κ2) is 25.5. The van der Waals surface area contributed by atoms with Gasteiger partial charge in [0.1, 0.15) is 63.8 Å². The van der Waals surface area contributed by atoms with E-state index in [1.165, 1.54) is 14.0 Å². The molecular weight excluding hydrogens is 1010 g/mol. The molecule has 25 heteroatoms. The highest BCUT2D eigenvalue weighted by Gasteiger charge is 2.57. The molecule has 442 valence electrons. The Bertz CT molecular complexity index is 2070. The molecule has 6 amide bonds. The van der Waals surface area contributed by atoms with Crippen molar-refractivity contribution in [3.05, 3.63) is 11.8 Å². The number of carbonyl (C=O) groups excluding carboxylic acids is 6. The molecule has 4 aliphatic rings. The Morgan fingerprint density at radius 3 is 1.74 bits per heavy atom. The molecule has 0 radical (unpaired) electrons. The Labute approximate surface area is 453 Å². The summed E-state index contributed by atoms with van der Waals surface area (Å²) < 4.78 is 46.7. The van der Waals surface area contributed by atoms with Crippen LogP contribution in [-0.4, -0.2) is 196 Å². The summed E-state index contributed by atoms with van der Waals surface area (Å²) in [4.78, 5) is 80.6. The first-order valence-electron chi connectivity index (χ1n) is 26.4. The normalized spacial score (nSPS) is 30.3. The maximum absolute atomic E-state index is 14.0. The van der Waals surface area contributed by atoms with Crippen molar-refractivity contribution < 1.29 is 87.1 Å². The van der Waals surface area contributed by atoms with Crippen molar-refractivity contribution in [1.82, 2.24) is 36.8 Å². The van der Waals surface area contributed by atoms with Crippen LogP contribution in [0.5, 0.6) is 0 Å². The van der Waals surface area contributed by atoms with Crippen molar-refractivity contribution in [2.45, 2.75) is 237 Å². The minimum Gasteiger partial charge on any atom is -0.491 e. The van der Waals surface area contributed by atoms with Crippen LogP contribution < -0.4 is 31.9 Å². The van der Waals surface area contributed by atoms with Crippen LogP contribution in [0.15, 0.2) is 11.8 Å². The number of amides is 6. The monoisotopic (exact) mass is 1100 g/mol. The summed E-state index contributed by atoms with van der Waals surface area (Å²) in [6.07, 6.45) is -11.1. The highest BCUT2D eigenvalue weighted by atomic mass is 16.7. The molecule has 2 heterocycles. The Morgan fingerprint density at radius 2 is 1.21 bits per heavy atom. The van der Waals surface area contributed by atoms with Crippen molar-refractivity contribution in [1.29, 1.82) is 0 Å². The number of rotatable bonds is 15. The summed E-state index contributed by atoms with van der Waals surface area (Å²) in [7, 11) is 1.32. The standard InChI is InChI=1S/C52H91N7O18/c1-47(2,3)73-42(64)54-25-33(60)40(63)56-32-22-31(58-45(67)76-50(10,11)12)34(35(61)38(32)72-41-36(62)39(52(16,69)26-70-41)59(17)46(68)77-51(13,14)15)37-30(57-44(66)75-49(7,8)9)19-18-29(71-37)24-53-23-27-20-28(21-27)55-43(65)74-48(4,5)6/h18,27-28,30-39,41,53,60-62,69H,19-26H2,1-17H3,(H,54,64)(H,55,65)(H,56,63)(H,57,66)(H,58,67)/t27-,28-,30-,31+,32-,33+,34?,35+,36-,37+,38+,39-,41-,52+/m1/s1. The average Bonchev–Trinajstić information content (AvgIpc) is 3.21. The van der Waals surface area contributed by atoms with Gasteiger partial charge in [-0.15, -0.1) is 0 Å². The molecular formula is C52H91N7O18. The predicted molar refractivity (Wildman–Crippen MR) is 278 cm³/mol. The van der Waals surface area contributed by atoms with Crippen molar-refractivity contribution >= 4 is 36.4 Å². The molecule has 25 nitrogen and oxygen atoms in total. The largest absolute Gasteiger partial charge is 0.491 e. The van der Waals surface area contributed by atoms with E-state index >= 15 is 0 Å². The molecule has 0 aromatic heterocycles. The molecule has 0 spiro atoms. The molecule has 2 aliphatic heterocycles. The van der Waals surface area contributed by atoms with Crippen LogP contribution in [0.3, 0.4) is 0 Å². The quantitative estimate of drug-likeness (QED) is 0.105. The summed E-state index contributed by atoms with van der Waals surface area (Å²) in [5.41, 5.74) is -6.31. The minimum absolute atomic E-state index is 0.0564. The van der Waals surface area contributed by atoms with E-state index in [1.54, 1.807) is 110 Å². The Balaban J connectivity index is 1.75. The van der Waals surface area contributed by atoms with Gasteiger partial charge in [-0.05, 0) is 155 Å². The van der Waals surface area contributed by atoms with Gasteiger partial charge >= 0.3 is 30.5 Å². The number of likely N-dealkylation sites (N-methyl/N-ethyl adjacent to an activating group) is 1. The molecule has 0 bridgehead atoms. The van der Waals surface area contributed by atoms with Gasteiger partial charge in [0.05, 0.1) is 43.9 Å². The molecule has 12 atom stereocenters. The Kier molecular flexibility index (Phi) is 21.4. The Morgan fingerprint density at radius 1 is 0.701 bits per heavy atom. The van der Waals surface area contributed by atoms with Crippen LogP contribution in [0.1, 0.15) is 136 Å². The van der Waals surface area contributed by atoms with Crippen LogP contribution in [0, 0.1) is 11.8 Å².